The molecule has 0 saturated carbocycles. The summed E-state index contributed by atoms with van der Waals surface area (Å²) in [4.78, 5) is 11.2. The minimum atomic E-state index is -4.50. The third-order valence-corrected chi connectivity index (χ3v) is 3.67. The molecule has 24 heavy (non-hydrogen) atoms. The summed E-state index contributed by atoms with van der Waals surface area (Å²) in [6, 6.07) is 0. The van der Waals surface area contributed by atoms with Crippen LogP contribution in [0, 0.1) is 5.92 Å². The van der Waals surface area contributed by atoms with E-state index in [1.165, 1.54) is 0 Å². The van der Waals surface area contributed by atoms with Gasteiger partial charge in [-0.3, -0.25) is 0 Å². The molecule has 0 aromatic carbocycles. The molecule has 0 radical (unpaired) electrons. The summed E-state index contributed by atoms with van der Waals surface area (Å²) in [7, 11) is 1.71. The molecule has 0 amide bonds. The van der Waals surface area contributed by atoms with E-state index in [4.69, 9.17) is 4.74 Å². The summed E-state index contributed by atoms with van der Waals surface area (Å²) in [6.45, 7) is 6.35. The van der Waals surface area contributed by atoms with Crippen molar-refractivity contribution in [1.29, 1.82) is 0 Å². The normalized spacial score (nSPS) is 14.9. The highest BCUT2D eigenvalue weighted by Crippen LogP contribution is 2.20. The minimum Gasteiger partial charge on any atom is -0.453 e. The Labute approximate surface area is 142 Å². The van der Waals surface area contributed by atoms with Gasteiger partial charge < -0.3 is 9.47 Å². The number of alkyl halides is 3. The summed E-state index contributed by atoms with van der Waals surface area (Å²) in [5, 5.41) is 0. The maximum absolute atomic E-state index is 11.9. The van der Waals surface area contributed by atoms with Gasteiger partial charge in [0.05, 0.1) is 5.60 Å². The Morgan fingerprint density at radius 3 is 2.42 bits per heavy atom. The van der Waals surface area contributed by atoms with Gasteiger partial charge in [-0.15, -0.1) is 0 Å². The minimum absolute atomic E-state index is 0.105. The Bertz CT molecular complexity index is 437. The number of carbonyl (C=O) groups is 1. The third kappa shape index (κ3) is 13.2. The van der Waals surface area contributed by atoms with Crippen molar-refractivity contribution in [3.05, 3.63) is 23.8 Å². The topological polar surface area (TPSA) is 35.5 Å². The molecular formula is C18H29F3O3. The lowest BCUT2D eigenvalue weighted by atomic mass is 9.95. The van der Waals surface area contributed by atoms with Gasteiger partial charge in [-0.2, -0.15) is 13.2 Å². The summed E-state index contributed by atoms with van der Waals surface area (Å²) in [5.41, 5.74) is 0.459. The summed E-state index contributed by atoms with van der Waals surface area (Å²) >= 11 is 0. The zero-order valence-corrected chi connectivity index (χ0v) is 15.2. The van der Waals surface area contributed by atoms with E-state index in [9.17, 15) is 18.0 Å². The number of halogens is 3. The van der Waals surface area contributed by atoms with E-state index < -0.39 is 18.8 Å². The second-order valence-corrected chi connectivity index (χ2v) is 6.71. The van der Waals surface area contributed by atoms with Crippen molar-refractivity contribution in [3.63, 3.8) is 0 Å². The van der Waals surface area contributed by atoms with Gasteiger partial charge in [0.1, 0.15) is 0 Å². The van der Waals surface area contributed by atoms with Gasteiger partial charge in [0.2, 0.25) is 0 Å². The van der Waals surface area contributed by atoms with Crippen molar-refractivity contribution in [2.24, 2.45) is 5.92 Å². The Morgan fingerprint density at radius 2 is 1.88 bits per heavy atom. The highest BCUT2D eigenvalue weighted by molar-refractivity contribution is 5.83. The molecule has 0 aliphatic carbocycles. The number of esters is 1. The molecule has 3 nitrogen and oxygen atoms in total. The molecule has 0 N–H and O–H groups in total. The monoisotopic (exact) mass is 350 g/mol. The standard InChI is InChI=1S/C18H29F3O3/c1-14(10-7-11-17(3,4)23-5)8-6-9-15(2)12-16(22)24-13-18(19,20)21/h6,9,12,14H,7-8,10-11,13H2,1-5H3. The first kappa shape index (κ1) is 22.7. The lowest BCUT2D eigenvalue weighted by Gasteiger charge is -2.23. The molecule has 0 spiro atoms. The predicted molar refractivity (Wildman–Crippen MR) is 88.6 cm³/mol. The Balaban J connectivity index is 4.11. The number of rotatable bonds is 10. The molecule has 0 aliphatic rings. The number of allylic oxidation sites excluding steroid dienone is 3. The number of carbonyl (C=O) groups excluding carboxylic acids is 1. The molecule has 0 fully saturated rings. The summed E-state index contributed by atoms with van der Waals surface area (Å²) < 4.78 is 45.3. The van der Waals surface area contributed by atoms with Crippen LogP contribution in [-0.4, -0.2) is 31.5 Å². The molecule has 6 heteroatoms. The molecule has 1 unspecified atom stereocenters. The first-order valence-electron chi connectivity index (χ1n) is 8.08. The number of ether oxygens (including phenoxy) is 2. The van der Waals surface area contributed by atoms with Gasteiger partial charge >= 0.3 is 12.1 Å². The zero-order chi connectivity index (χ0) is 18.8. The molecule has 0 aliphatic heterocycles. The van der Waals surface area contributed by atoms with Crippen LogP contribution in [0.1, 0.15) is 53.4 Å². The number of hydrogen-bond acceptors (Lipinski definition) is 3. The van der Waals surface area contributed by atoms with Crippen molar-refractivity contribution < 1.29 is 27.4 Å². The van der Waals surface area contributed by atoms with Crippen molar-refractivity contribution in [3.8, 4) is 0 Å². The van der Waals surface area contributed by atoms with Crippen LogP contribution in [-0.2, 0) is 14.3 Å². The fourth-order valence-electron chi connectivity index (χ4n) is 2.01. The largest absolute Gasteiger partial charge is 0.453 e. The van der Waals surface area contributed by atoms with Gasteiger partial charge in [0, 0.05) is 13.2 Å². The van der Waals surface area contributed by atoms with E-state index in [0.29, 0.717) is 11.5 Å². The molecule has 0 rings (SSSR count). The quantitative estimate of drug-likeness (QED) is 0.308. The SMILES string of the molecule is COC(C)(C)CCCC(C)CC=CC(C)=CC(=O)OCC(F)(F)F. The van der Waals surface area contributed by atoms with Crippen molar-refractivity contribution in [1.82, 2.24) is 0 Å². The third-order valence-electron chi connectivity index (χ3n) is 3.67. The van der Waals surface area contributed by atoms with E-state index in [1.807, 2.05) is 6.08 Å². The highest BCUT2D eigenvalue weighted by atomic mass is 19.4. The Hall–Kier alpha value is -1.30. The van der Waals surface area contributed by atoms with Crippen LogP contribution in [0.5, 0.6) is 0 Å². The van der Waals surface area contributed by atoms with Crippen LogP contribution < -0.4 is 0 Å². The average Bonchev–Trinajstić information content (AvgIpc) is 2.44. The van der Waals surface area contributed by atoms with Crippen LogP contribution in [0.25, 0.3) is 0 Å². The van der Waals surface area contributed by atoms with E-state index in [1.54, 1.807) is 20.1 Å². The average molecular weight is 350 g/mol. The lowest BCUT2D eigenvalue weighted by molar-refractivity contribution is -0.182. The molecule has 1 atom stereocenters. The maximum Gasteiger partial charge on any atom is 0.422 e. The summed E-state index contributed by atoms with van der Waals surface area (Å²) in [5.74, 6) is -0.497. The van der Waals surface area contributed by atoms with Gasteiger partial charge in [-0.05, 0) is 45.1 Å². The maximum atomic E-state index is 11.9. The van der Waals surface area contributed by atoms with Crippen LogP contribution >= 0.6 is 0 Å². The Morgan fingerprint density at radius 1 is 1.25 bits per heavy atom. The zero-order valence-electron chi connectivity index (χ0n) is 15.2. The molecule has 0 heterocycles. The van der Waals surface area contributed by atoms with Gasteiger partial charge in [-0.1, -0.05) is 31.9 Å². The number of hydrogen-bond donors (Lipinski definition) is 0. The second-order valence-electron chi connectivity index (χ2n) is 6.71. The first-order chi connectivity index (χ1) is 10.9. The predicted octanol–water partition coefficient (Wildman–Crippen LogP) is 5.22. The first-order valence-corrected chi connectivity index (χ1v) is 8.08. The van der Waals surface area contributed by atoms with Crippen LogP contribution in [0.3, 0.4) is 0 Å². The molecule has 0 saturated heterocycles. The van der Waals surface area contributed by atoms with Crippen LogP contribution in [0.15, 0.2) is 23.8 Å². The van der Waals surface area contributed by atoms with Crippen LogP contribution in [0.4, 0.5) is 13.2 Å². The van der Waals surface area contributed by atoms with Crippen LogP contribution in [0.2, 0.25) is 0 Å². The van der Waals surface area contributed by atoms with Crippen molar-refractivity contribution >= 4 is 5.97 Å². The van der Waals surface area contributed by atoms with E-state index >= 15 is 0 Å². The molecule has 140 valence electrons. The van der Waals surface area contributed by atoms with Gasteiger partial charge in [0.15, 0.2) is 6.61 Å². The molecule has 0 aromatic heterocycles. The van der Waals surface area contributed by atoms with Crippen molar-refractivity contribution in [2.45, 2.75) is 65.2 Å². The fraction of sp³-hybridized carbons (Fsp3) is 0.722. The lowest BCUT2D eigenvalue weighted by Crippen LogP contribution is -2.22. The van der Waals surface area contributed by atoms with E-state index in [0.717, 1.165) is 31.8 Å². The second kappa shape index (κ2) is 10.5. The van der Waals surface area contributed by atoms with Gasteiger partial charge in [0.25, 0.3) is 0 Å². The molecule has 0 bridgehead atoms. The van der Waals surface area contributed by atoms with E-state index in [-0.39, 0.29) is 5.60 Å². The fourth-order valence-corrected chi connectivity index (χ4v) is 2.01. The highest BCUT2D eigenvalue weighted by Gasteiger charge is 2.29. The molecule has 0 aromatic rings. The van der Waals surface area contributed by atoms with Gasteiger partial charge in [-0.25, -0.2) is 4.79 Å². The summed E-state index contributed by atoms with van der Waals surface area (Å²) in [6.07, 6.45) is 4.17. The molecular weight excluding hydrogens is 321 g/mol. The smallest absolute Gasteiger partial charge is 0.422 e. The number of methoxy groups -OCH3 is 1. The Kier molecular flexibility index (Phi) is 9.97. The van der Waals surface area contributed by atoms with Crippen molar-refractivity contribution in [2.75, 3.05) is 13.7 Å². The van der Waals surface area contributed by atoms with E-state index in [2.05, 4.69) is 25.5 Å².